The monoisotopic (exact) mass is 360 g/mol. The zero-order chi connectivity index (χ0) is 18.8. The lowest BCUT2D eigenvalue weighted by Gasteiger charge is -2.14. The van der Waals surface area contributed by atoms with Crippen molar-refractivity contribution in [1.29, 1.82) is 0 Å². The molecular weight excluding hydrogens is 340 g/mol. The van der Waals surface area contributed by atoms with Gasteiger partial charge in [0.15, 0.2) is 0 Å². The first-order valence-corrected chi connectivity index (χ1v) is 8.76. The lowest BCUT2D eigenvalue weighted by molar-refractivity contribution is 0.0913. The highest BCUT2D eigenvalue weighted by molar-refractivity contribution is 5.98. The number of benzene rings is 3. The number of aliphatic hydroxyl groups excluding tert-OH is 1. The van der Waals surface area contributed by atoms with Gasteiger partial charge in [0.05, 0.1) is 13.2 Å². The van der Waals surface area contributed by atoms with Gasteiger partial charge in [-0.1, -0.05) is 42.5 Å². The minimum atomic E-state index is -0.787. The number of rotatable bonds is 5. The molecule has 1 atom stereocenters. The molecule has 0 saturated carbocycles. The van der Waals surface area contributed by atoms with Gasteiger partial charge in [0.2, 0.25) is 0 Å². The summed E-state index contributed by atoms with van der Waals surface area (Å²) in [7, 11) is 1.60. The Balaban J connectivity index is 1.50. The van der Waals surface area contributed by atoms with Gasteiger partial charge >= 0.3 is 0 Å². The predicted molar refractivity (Wildman–Crippen MR) is 106 cm³/mol. The third-order valence-electron chi connectivity index (χ3n) is 4.71. The lowest BCUT2D eigenvalue weighted by atomic mass is 10.0. The molecule has 0 aliphatic carbocycles. The highest BCUT2D eigenvalue weighted by Crippen LogP contribution is 2.24. The quantitative estimate of drug-likeness (QED) is 0.507. The smallest absolute Gasteiger partial charge is 0.267 e. The van der Waals surface area contributed by atoms with Gasteiger partial charge in [-0.2, -0.15) is 0 Å². The molecule has 3 N–H and O–H groups in total. The first kappa shape index (κ1) is 17.1. The highest BCUT2D eigenvalue weighted by atomic mass is 16.5. The van der Waals surface area contributed by atoms with Gasteiger partial charge in [-0.3, -0.25) is 4.79 Å². The van der Waals surface area contributed by atoms with Crippen LogP contribution in [0.5, 0.6) is 5.75 Å². The van der Waals surface area contributed by atoms with E-state index < -0.39 is 6.10 Å². The molecule has 0 aliphatic rings. The molecule has 4 aromatic rings. The van der Waals surface area contributed by atoms with Crippen LogP contribution in [0.4, 0.5) is 0 Å². The maximum Gasteiger partial charge on any atom is 0.267 e. The van der Waals surface area contributed by atoms with Gasteiger partial charge in [-0.15, -0.1) is 0 Å². The predicted octanol–water partition coefficient (Wildman–Crippen LogP) is 3.79. The fraction of sp³-hybridized carbons (Fsp3) is 0.136. The standard InChI is InChI=1S/C22H20N2O3/c1-27-16-10-9-15-11-20(24-19(15)12-16)22(26)23-13-21(25)18-8-4-6-14-5-2-3-7-17(14)18/h2-12,21,24-25H,13H2,1H3,(H,23,26)/t21-/m1/s1. The molecule has 0 fully saturated rings. The number of aromatic amines is 1. The summed E-state index contributed by atoms with van der Waals surface area (Å²) in [5.74, 6) is 0.465. The molecule has 0 saturated heterocycles. The second-order valence-corrected chi connectivity index (χ2v) is 6.43. The van der Waals surface area contributed by atoms with Crippen LogP contribution in [0, 0.1) is 0 Å². The highest BCUT2D eigenvalue weighted by Gasteiger charge is 2.15. The van der Waals surface area contributed by atoms with E-state index in [0.29, 0.717) is 5.69 Å². The van der Waals surface area contributed by atoms with Crippen LogP contribution in [0.3, 0.4) is 0 Å². The molecule has 0 bridgehead atoms. The van der Waals surface area contributed by atoms with E-state index in [4.69, 9.17) is 4.74 Å². The van der Waals surface area contributed by atoms with E-state index in [-0.39, 0.29) is 12.5 Å². The number of H-pyrrole nitrogens is 1. The molecular formula is C22H20N2O3. The summed E-state index contributed by atoms with van der Waals surface area (Å²) in [6.45, 7) is 0.130. The normalized spacial score (nSPS) is 12.2. The Morgan fingerprint density at radius 3 is 2.74 bits per heavy atom. The first-order chi connectivity index (χ1) is 13.2. The molecule has 0 spiro atoms. The third-order valence-corrected chi connectivity index (χ3v) is 4.71. The fourth-order valence-electron chi connectivity index (χ4n) is 3.29. The molecule has 27 heavy (non-hydrogen) atoms. The minimum Gasteiger partial charge on any atom is -0.497 e. The number of ether oxygens (including phenoxy) is 1. The Morgan fingerprint density at radius 1 is 1.07 bits per heavy atom. The molecule has 0 aliphatic heterocycles. The number of carbonyl (C=O) groups excluding carboxylic acids is 1. The van der Waals surface area contributed by atoms with Crippen molar-refractivity contribution < 1.29 is 14.6 Å². The van der Waals surface area contributed by atoms with Crippen LogP contribution in [-0.4, -0.2) is 29.7 Å². The topological polar surface area (TPSA) is 74.3 Å². The van der Waals surface area contributed by atoms with Crippen LogP contribution in [0.2, 0.25) is 0 Å². The van der Waals surface area contributed by atoms with Crippen molar-refractivity contribution in [2.75, 3.05) is 13.7 Å². The molecule has 1 heterocycles. The molecule has 0 unspecified atom stereocenters. The van der Waals surface area contributed by atoms with Crippen molar-refractivity contribution in [3.63, 3.8) is 0 Å². The number of aromatic nitrogens is 1. The molecule has 5 heteroatoms. The van der Waals surface area contributed by atoms with Gasteiger partial charge in [-0.25, -0.2) is 0 Å². The summed E-state index contributed by atoms with van der Waals surface area (Å²) in [5, 5.41) is 16.4. The van der Waals surface area contributed by atoms with Gasteiger partial charge in [0.25, 0.3) is 5.91 Å². The SMILES string of the molecule is COc1ccc2cc(C(=O)NC[C@@H](O)c3cccc4ccccc34)[nH]c2c1. The second kappa shape index (κ2) is 7.13. The fourth-order valence-corrected chi connectivity index (χ4v) is 3.29. The third kappa shape index (κ3) is 3.37. The molecule has 1 aromatic heterocycles. The summed E-state index contributed by atoms with van der Waals surface area (Å²) in [5.41, 5.74) is 2.08. The number of amides is 1. The van der Waals surface area contributed by atoms with Crippen molar-refractivity contribution in [2.24, 2.45) is 0 Å². The van der Waals surface area contributed by atoms with Gasteiger partial charge in [0, 0.05) is 23.5 Å². The summed E-state index contributed by atoms with van der Waals surface area (Å²) < 4.78 is 5.20. The van der Waals surface area contributed by atoms with Crippen LogP contribution in [-0.2, 0) is 0 Å². The van der Waals surface area contributed by atoms with E-state index in [9.17, 15) is 9.90 Å². The van der Waals surface area contributed by atoms with E-state index in [0.717, 1.165) is 33.0 Å². The summed E-state index contributed by atoms with van der Waals surface area (Å²) in [4.78, 5) is 15.6. The van der Waals surface area contributed by atoms with Gasteiger partial charge in [0.1, 0.15) is 11.4 Å². The zero-order valence-corrected chi connectivity index (χ0v) is 14.9. The molecule has 4 rings (SSSR count). The first-order valence-electron chi connectivity index (χ1n) is 8.76. The number of hydrogen-bond acceptors (Lipinski definition) is 3. The van der Waals surface area contributed by atoms with Crippen LogP contribution < -0.4 is 10.1 Å². The summed E-state index contributed by atoms with van der Waals surface area (Å²) >= 11 is 0. The van der Waals surface area contributed by atoms with E-state index in [1.54, 1.807) is 13.2 Å². The molecule has 1 amide bonds. The molecule has 136 valence electrons. The van der Waals surface area contributed by atoms with E-state index in [1.165, 1.54) is 0 Å². The minimum absolute atomic E-state index is 0.130. The Kier molecular flexibility index (Phi) is 4.52. The molecule has 0 radical (unpaired) electrons. The zero-order valence-electron chi connectivity index (χ0n) is 14.9. The van der Waals surface area contributed by atoms with Crippen molar-refractivity contribution in [1.82, 2.24) is 10.3 Å². The van der Waals surface area contributed by atoms with Crippen molar-refractivity contribution >= 4 is 27.6 Å². The van der Waals surface area contributed by atoms with E-state index in [2.05, 4.69) is 10.3 Å². The number of fused-ring (bicyclic) bond motifs is 2. The largest absolute Gasteiger partial charge is 0.497 e. The average Bonchev–Trinajstić information content (AvgIpc) is 3.14. The van der Waals surface area contributed by atoms with Gasteiger partial charge < -0.3 is 20.1 Å². The van der Waals surface area contributed by atoms with Crippen LogP contribution >= 0.6 is 0 Å². The van der Waals surface area contributed by atoms with Crippen molar-refractivity contribution in [3.05, 3.63) is 78.0 Å². The van der Waals surface area contributed by atoms with Crippen LogP contribution in [0.1, 0.15) is 22.2 Å². The van der Waals surface area contributed by atoms with Crippen molar-refractivity contribution in [3.8, 4) is 5.75 Å². The molecule has 5 nitrogen and oxygen atoms in total. The Morgan fingerprint density at radius 2 is 1.89 bits per heavy atom. The van der Waals surface area contributed by atoms with Crippen molar-refractivity contribution in [2.45, 2.75) is 6.10 Å². The Hall–Kier alpha value is -3.31. The number of nitrogens with one attached hydrogen (secondary N) is 2. The average molecular weight is 360 g/mol. The molecule has 3 aromatic carbocycles. The van der Waals surface area contributed by atoms with E-state index in [1.807, 2.05) is 60.7 Å². The number of hydrogen-bond donors (Lipinski definition) is 3. The number of methoxy groups -OCH3 is 1. The van der Waals surface area contributed by atoms with Crippen LogP contribution in [0.15, 0.2) is 66.7 Å². The second-order valence-electron chi connectivity index (χ2n) is 6.43. The van der Waals surface area contributed by atoms with Crippen LogP contribution in [0.25, 0.3) is 21.7 Å². The maximum atomic E-state index is 12.5. The lowest BCUT2D eigenvalue weighted by Crippen LogP contribution is -2.28. The summed E-state index contributed by atoms with van der Waals surface area (Å²) in [6.07, 6.45) is -0.787. The number of aliphatic hydroxyl groups is 1. The number of carbonyl (C=O) groups is 1. The Labute approximate surface area is 156 Å². The maximum absolute atomic E-state index is 12.5. The van der Waals surface area contributed by atoms with Gasteiger partial charge in [-0.05, 0) is 34.5 Å². The Bertz CT molecular complexity index is 1110. The summed E-state index contributed by atoms with van der Waals surface area (Å²) in [6, 6.07) is 21.1. The van der Waals surface area contributed by atoms with E-state index >= 15 is 0 Å².